The van der Waals surface area contributed by atoms with Crippen molar-refractivity contribution in [1.82, 2.24) is 0 Å². The Morgan fingerprint density at radius 3 is 2.90 bits per heavy atom. The summed E-state index contributed by atoms with van der Waals surface area (Å²) in [6, 6.07) is 10.6. The first-order valence-corrected chi connectivity index (χ1v) is 6.79. The van der Waals surface area contributed by atoms with Gasteiger partial charge in [0.25, 0.3) is 0 Å². The van der Waals surface area contributed by atoms with E-state index in [1.807, 2.05) is 19.1 Å². The van der Waals surface area contributed by atoms with Gasteiger partial charge in [0.15, 0.2) is 0 Å². The highest BCUT2D eigenvalue weighted by molar-refractivity contribution is 5.43. The van der Waals surface area contributed by atoms with Crippen LogP contribution in [0.4, 0.5) is 4.39 Å². The van der Waals surface area contributed by atoms with Crippen molar-refractivity contribution in [2.75, 3.05) is 0 Å². The van der Waals surface area contributed by atoms with E-state index >= 15 is 0 Å². The summed E-state index contributed by atoms with van der Waals surface area (Å²) in [6.45, 7) is 3.71. The van der Waals surface area contributed by atoms with Crippen LogP contribution in [-0.4, -0.2) is 11.2 Å². The monoisotopic (exact) mass is 272 g/mol. The third-order valence-electron chi connectivity index (χ3n) is 3.75. The molecule has 0 amide bonds. The second kappa shape index (κ2) is 4.91. The number of benzene rings is 2. The third-order valence-corrected chi connectivity index (χ3v) is 3.75. The molecule has 0 spiro atoms. The Morgan fingerprint density at radius 2 is 2.10 bits per heavy atom. The van der Waals surface area contributed by atoms with Gasteiger partial charge in [-0.2, -0.15) is 0 Å². The van der Waals surface area contributed by atoms with Crippen LogP contribution < -0.4 is 4.74 Å². The molecule has 1 aliphatic heterocycles. The number of halogens is 1. The molecule has 0 fully saturated rings. The van der Waals surface area contributed by atoms with Crippen LogP contribution in [-0.2, 0) is 6.42 Å². The van der Waals surface area contributed by atoms with Gasteiger partial charge in [-0.05, 0) is 42.7 Å². The Bertz CT molecular complexity index is 651. The number of fused-ring (bicyclic) bond motifs is 1. The number of ether oxygens (including phenoxy) is 1. The molecule has 2 aromatic rings. The van der Waals surface area contributed by atoms with E-state index in [9.17, 15) is 9.50 Å². The molecular weight excluding hydrogens is 255 g/mol. The quantitative estimate of drug-likeness (QED) is 0.906. The predicted molar refractivity (Wildman–Crippen MR) is 75.4 cm³/mol. The van der Waals surface area contributed by atoms with E-state index < -0.39 is 6.10 Å². The molecule has 1 heterocycles. The summed E-state index contributed by atoms with van der Waals surface area (Å²) in [5.41, 5.74) is 2.63. The van der Waals surface area contributed by atoms with Gasteiger partial charge in [0.05, 0.1) is 0 Å². The lowest BCUT2D eigenvalue weighted by molar-refractivity contribution is 0.214. The summed E-state index contributed by atoms with van der Waals surface area (Å²) in [5.74, 6) is 0.517. The minimum atomic E-state index is -0.948. The van der Waals surface area contributed by atoms with Crippen LogP contribution in [0, 0.1) is 12.7 Å². The van der Waals surface area contributed by atoms with E-state index in [1.165, 1.54) is 0 Å². The van der Waals surface area contributed by atoms with Crippen LogP contribution in [0.2, 0.25) is 0 Å². The molecule has 0 saturated carbocycles. The summed E-state index contributed by atoms with van der Waals surface area (Å²) >= 11 is 0. The molecule has 2 nitrogen and oxygen atoms in total. The van der Waals surface area contributed by atoms with Gasteiger partial charge in [0, 0.05) is 12.0 Å². The Kier molecular flexibility index (Phi) is 3.22. The first kappa shape index (κ1) is 13.1. The van der Waals surface area contributed by atoms with E-state index in [4.69, 9.17) is 4.74 Å². The van der Waals surface area contributed by atoms with Gasteiger partial charge in [-0.25, -0.2) is 4.39 Å². The molecular formula is C17H17FO2. The molecule has 104 valence electrons. The Labute approximate surface area is 117 Å². The lowest BCUT2D eigenvalue weighted by atomic mass is 9.97. The van der Waals surface area contributed by atoms with Crippen molar-refractivity contribution in [3.8, 4) is 5.75 Å². The molecule has 2 aromatic carbocycles. The molecule has 2 atom stereocenters. The highest BCUT2D eigenvalue weighted by atomic mass is 19.1. The highest BCUT2D eigenvalue weighted by Crippen LogP contribution is 2.33. The number of aliphatic hydroxyl groups is 1. The number of aliphatic hydroxyl groups excluding tert-OH is 1. The van der Waals surface area contributed by atoms with Gasteiger partial charge in [0.1, 0.15) is 23.8 Å². The van der Waals surface area contributed by atoms with Crippen molar-refractivity contribution in [2.45, 2.75) is 32.5 Å². The molecule has 20 heavy (non-hydrogen) atoms. The molecule has 1 N–H and O–H groups in total. The number of aryl methyl sites for hydroxylation is 1. The van der Waals surface area contributed by atoms with E-state index in [0.29, 0.717) is 16.7 Å². The highest BCUT2D eigenvalue weighted by Gasteiger charge is 2.22. The van der Waals surface area contributed by atoms with Crippen LogP contribution in [0.15, 0.2) is 36.4 Å². The molecule has 3 rings (SSSR count). The molecule has 0 bridgehead atoms. The topological polar surface area (TPSA) is 29.5 Å². The maximum atomic E-state index is 14.1. The van der Waals surface area contributed by atoms with Crippen molar-refractivity contribution in [2.24, 2.45) is 0 Å². The van der Waals surface area contributed by atoms with Gasteiger partial charge in [0.2, 0.25) is 0 Å². The summed E-state index contributed by atoms with van der Waals surface area (Å²) in [5, 5.41) is 10.4. The first-order chi connectivity index (χ1) is 9.56. The summed E-state index contributed by atoms with van der Waals surface area (Å²) in [6.07, 6.45) is 0.0378. The largest absolute Gasteiger partial charge is 0.490 e. The Morgan fingerprint density at radius 1 is 1.30 bits per heavy atom. The average molecular weight is 272 g/mol. The number of rotatable bonds is 2. The van der Waals surface area contributed by atoms with Gasteiger partial charge in [-0.1, -0.05) is 24.3 Å². The van der Waals surface area contributed by atoms with Gasteiger partial charge < -0.3 is 9.84 Å². The fourth-order valence-corrected chi connectivity index (χ4v) is 2.67. The van der Waals surface area contributed by atoms with Crippen LogP contribution in [0.25, 0.3) is 0 Å². The zero-order valence-corrected chi connectivity index (χ0v) is 11.6. The van der Waals surface area contributed by atoms with Gasteiger partial charge >= 0.3 is 0 Å². The van der Waals surface area contributed by atoms with Crippen LogP contribution in [0.1, 0.15) is 35.3 Å². The Hall–Kier alpha value is -1.87. The fourth-order valence-electron chi connectivity index (χ4n) is 2.67. The van der Waals surface area contributed by atoms with E-state index in [-0.39, 0.29) is 11.9 Å². The smallest absolute Gasteiger partial charge is 0.132 e. The molecule has 2 unspecified atom stereocenters. The van der Waals surface area contributed by atoms with Crippen LogP contribution >= 0.6 is 0 Å². The average Bonchev–Trinajstić information content (AvgIpc) is 2.80. The second-order valence-corrected chi connectivity index (χ2v) is 5.38. The summed E-state index contributed by atoms with van der Waals surface area (Å²) in [7, 11) is 0. The van der Waals surface area contributed by atoms with Crippen LogP contribution in [0.3, 0.4) is 0 Å². The zero-order valence-electron chi connectivity index (χ0n) is 11.6. The molecule has 3 heteroatoms. The number of hydrogen-bond donors (Lipinski definition) is 1. The predicted octanol–water partition coefficient (Wildman–Crippen LogP) is 3.54. The van der Waals surface area contributed by atoms with E-state index in [2.05, 4.69) is 0 Å². The normalized spacial score (nSPS) is 18.5. The Balaban J connectivity index is 1.97. The molecule has 1 aliphatic rings. The zero-order chi connectivity index (χ0) is 14.3. The lowest BCUT2D eigenvalue weighted by Crippen LogP contribution is -2.05. The number of hydrogen-bond acceptors (Lipinski definition) is 2. The third kappa shape index (κ3) is 2.18. The minimum absolute atomic E-state index is 0.160. The van der Waals surface area contributed by atoms with Crippen molar-refractivity contribution in [1.29, 1.82) is 0 Å². The summed E-state index contributed by atoms with van der Waals surface area (Å²) in [4.78, 5) is 0. The van der Waals surface area contributed by atoms with Gasteiger partial charge in [-0.3, -0.25) is 0 Å². The van der Waals surface area contributed by atoms with Crippen molar-refractivity contribution >= 4 is 0 Å². The molecule has 0 aliphatic carbocycles. The van der Waals surface area contributed by atoms with Crippen LogP contribution in [0.5, 0.6) is 5.75 Å². The maximum absolute atomic E-state index is 14.1. The second-order valence-electron chi connectivity index (χ2n) is 5.38. The minimum Gasteiger partial charge on any atom is -0.490 e. The molecule has 0 radical (unpaired) electrons. The lowest BCUT2D eigenvalue weighted by Gasteiger charge is -2.14. The van der Waals surface area contributed by atoms with E-state index in [0.717, 1.165) is 17.7 Å². The molecule has 0 saturated heterocycles. The molecule has 0 aromatic heterocycles. The van der Waals surface area contributed by atoms with E-state index in [1.54, 1.807) is 31.2 Å². The van der Waals surface area contributed by atoms with Crippen molar-refractivity contribution < 1.29 is 14.2 Å². The SMILES string of the molecule is Cc1cccc(C(O)c2ccc3c(c2)CC(C)O3)c1F. The first-order valence-electron chi connectivity index (χ1n) is 6.79. The fraction of sp³-hybridized carbons (Fsp3) is 0.294. The van der Waals surface area contributed by atoms with Gasteiger partial charge in [-0.15, -0.1) is 0 Å². The van der Waals surface area contributed by atoms with Crippen molar-refractivity contribution in [3.05, 3.63) is 64.5 Å². The standard InChI is InChI=1S/C17H17FO2/c1-10-4-3-5-14(16(10)18)17(19)12-6-7-15-13(9-12)8-11(2)20-15/h3-7,9,11,17,19H,8H2,1-2H3. The van der Waals surface area contributed by atoms with Crippen molar-refractivity contribution in [3.63, 3.8) is 0 Å². The maximum Gasteiger partial charge on any atom is 0.132 e. The summed E-state index contributed by atoms with van der Waals surface area (Å²) < 4.78 is 19.7.